The highest BCUT2D eigenvalue weighted by Crippen LogP contribution is 2.22. The van der Waals surface area contributed by atoms with Gasteiger partial charge in [-0.15, -0.1) is 0 Å². The van der Waals surface area contributed by atoms with E-state index in [0.29, 0.717) is 6.04 Å². The number of likely N-dealkylation sites (tertiary alicyclic amines) is 1. The predicted molar refractivity (Wildman–Crippen MR) is 79.9 cm³/mol. The topological polar surface area (TPSA) is 28.2 Å². The van der Waals surface area contributed by atoms with E-state index < -0.39 is 0 Å². The van der Waals surface area contributed by atoms with E-state index in [-0.39, 0.29) is 0 Å². The van der Waals surface area contributed by atoms with E-state index in [1.54, 1.807) is 0 Å². The van der Waals surface area contributed by atoms with Gasteiger partial charge in [-0.05, 0) is 66.8 Å². The van der Waals surface area contributed by atoms with Gasteiger partial charge in [-0.1, -0.05) is 6.92 Å². The first-order valence-corrected chi connectivity index (χ1v) is 7.58. The Kier molecular flexibility index (Phi) is 5.01. The molecule has 0 amide bonds. The largest absolute Gasteiger partial charge is 0.381 e. The lowest BCUT2D eigenvalue weighted by atomic mass is 9.91. The summed E-state index contributed by atoms with van der Waals surface area (Å²) in [5.41, 5.74) is 1.11. The molecule has 0 radical (unpaired) electrons. The number of nitrogens with zero attached hydrogens (tertiary/aromatic N) is 2. The molecule has 2 atom stereocenters. The van der Waals surface area contributed by atoms with Crippen LogP contribution in [0.2, 0.25) is 0 Å². The molecule has 2 unspecified atom stereocenters. The molecule has 18 heavy (non-hydrogen) atoms. The maximum atomic E-state index is 4.25. The highest BCUT2D eigenvalue weighted by molar-refractivity contribution is 9.10. The number of hydrogen-bond donors (Lipinski definition) is 1. The average molecular weight is 312 g/mol. The zero-order valence-corrected chi connectivity index (χ0v) is 12.8. The molecule has 1 aliphatic heterocycles. The standard InChI is InChI=1S/C14H22BrN3/c1-3-18-8-4-5-12(10-18)11(2)17-13-6-7-14(15)16-9-13/h6-7,9,11-12,17H,3-5,8,10H2,1-2H3. The van der Waals surface area contributed by atoms with E-state index in [1.807, 2.05) is 12.3 Å². The first-order valence-electron chi connectivity index (χ1n) is 6.79. The summed E-state index contributed by atoms with van der Waals surface area (Å²) in [4.78, 5) is 6.80. The van der Waals surface area contributed by atoms with Gasteiger partial charge in [0, 0.05) is 12.6 Å². The molecule has 4 heteroatoms. The maximum absolute atomic E-state index is 4.25. The number of nitrogens with one attached hydrogen (secondary N) is 1. The molecule has 0 aromatic carbocycles. The van der Waals surface area contributed by atoms with Crippen molar-refractivity contribution < 1.29 is 0 Å². The number of rotatable bonds is 4. The summed E-state index contributed by atoms with van der Waals surface area (Å²) in [7, 11) is 0. The lowest BCUT2D eigenvalue weighted by molar-refractivity contribution is 0.172. The minimum atomic E-state index is 0.502. The molecule has 1 aromatic heterocycles. The molecule has 0 aliphatic carbocycles. The third kappa shape index (κ3) is 3.69. The smallest absolute Gasteiger partial charge is 0.106 e. The fourth-order valence-corrected chi connectivity index (χ4v) is 2.86. The minimum absolute atomic E-state index is 0.502. The van der Waals surface area contributed by atoms with Gasteiger partial charge in [-0.2, -0.15) is 0 Å². The Morgan fingerprint density at radius 3 is 3.06 bits per heavy atom. The molecule has 0 spiro atoms. The minimum Gasteiger partial charge on any atom is -0.381 e. The zero-order valence-electron chi connectivity index (χ0n) is 11.2. The highest BCUT2D eigenvalue weighted by atomic mass is 79.9. The van der Waals surface area contributed by atoms with Crippen LogP contribution in [-0.4, -0.2) is 35.6 Å². The van der Waals surface area contributed by atoms with Crippen LogP contribution in [0.3, 0.4) is 0 Å². The second-order valence-electron chi connectivity index (χ2n) is 5.10. The van der Waals surface area contributed by atoms with Crippen LogP contribution in [0.4, 0.5) is 5.69 Å². The van der Waals surface area contributed by atoms with Crippen molar-refractivity contribution >= 4 is 21.6 Å². The molecule has 0 bridgehead atoms. The van der Waals surface area contributed by atoms with E-state index in [4.69, 9.17) is 0 Å². The first-order chi connectivity index (χ1) is 8.69. The van der Waals surface area contributed by atoms with Gasteiger partial charge in [-0.3, -0.25) is 0 Å². The van der Waals surface area contributed by atoms with Crippen molar-refractivity contribution in [2.24, 2.45) is 5.92 Å². The molecule has 100 valence electrons. The number of anilines is 1. The summed E-state index contributed by atoms with van der Waals surface area (Å²) in [5.74, 6) is 0.738. The zero-order chi connectivity index (χ0) is 13.0. The quantitative estimate of drug-likeness (QED) is 0.864. The normalized spacial score (nSPS) is 22.7. The van der Waals surface area contributed by atoms with Crippen LogP contribution >= 0.6 is 15.9 Å². The summed E-state index contributed by atoms with van der Waals surface area (Å²) in [6.45, 7) is 8.18. The molecular formula is C14H22BrN3. The number of aromatic nitrogens is 1. The van der Waals surface area contributed by atoms with Gasteiger partial charge in [0.2, 0.25) is 0 Å². The summed E-state index contributed by atoms with van der Waals surface area (Å²) in [6, 6.07) is 4.56. The summed E-state index contributed by atoms with van der Waals surface area (Å²) in [5, 5.41) is 3.57. The van der Waals surface area contributed by atoms with E-state index in [9.17, 15) is 0 Å². The summed E-state index contributed by atoms with van der Waals surface area (Å²) >= 11 is 3.36. The Balaban J connectivity index is 1.90. The lowest BCUT2D eigenvalue weighted by Gasteiger charge is -2.35. The number of halogens is 1. The van der Waals surface area contributed by atoms with Crippen molar-refractivity contribution in [2.75, 3.05) is 25.0 Å². The molecule has 2 rings (SSSR count). The molecule has 1 aromatic rings. The van der Waals surface area contributed by atoms with E-state index in [1.165, 1.54) is 32.5 Å². The van der Waals surface area contributed by atoms with Crippen molar-refractivity contribution in [3.05, 3.63) is 22.9 Å². The van der Waals surface area contributed by atoms with Crippen molar-refractivity contribution in [1.82, 2.24) is 9.88 Å². The van der Waals surface area contributed by atoms with E-state index in [0.717, 1.165) is 16.2 Å². The molecule has 2 heterocycles. The Hall–Kier alpha value is -0.610. The lowest BCUT2D eigenvalue weighted by Crippen LogP contribution is -2.41. The molecule has 3 nitrogen and oxygen atoms in total. The Bertz CT molecular complexity index is 366. The fraction of sp³-hybridized carbons (Fsp3) is 0.643. The van der Waals surface area contributed by atoms with Crippen molar-refractivity contribution in [2.45, 2.75) is 32.7 Å². The van der Waals surface area contributed by atoms with Crippen LogP contribution in [0, 0.1) is 5.92 Å². The number of hydrogen-bond acceptors (Lipinski definition) is 3. The van der Waals surface area contributed by atoms with Crippen LogP contribution in [0.5, 0.6) is 0 Å². The molecule has 1 saturated heterocycles. The molecular weight excluding hydrogens is 290 g/mol. The second kappa shape index (κ2) is 6.53. The number of pyridine rings is 1. The fourth-order valence-electron chi connectivity index (χ4n) is 2.63. The maximum Gasteiger partial charge on any atom is 0.106 e. The Labute approximate surface area is 118 Å². The first kappa shape index (κ1) is 13.8. The van der Waals surface area contributed by atoms with Gasteiger partial charge >= 0.3 is 0 Å². The van der Waals surface area contributed by atoms with Crippen LogP contribution < -0.4 is 5.32 Å². The predicted octanol–water partition coefficient (Wildman–Crippen LogP) is 3.38. The second-order valence-corrected chi connectivity index (χ2v) is 5.91. The van der Waals surface area contributed by atoms with Gasteiger partial charge in [0.25, 0.3) is 0 Å². The van der Waals surface area contributed by atoms with Crippen molar-refractivity contribution in [3.8, 4) is 0 Å². The molecule has 1 fully saturated rings. The Morgan fingerprint density at radius 2 is 2.39 bits per heavy atom. The number of piperidine rings is 1. The van der Waals surface area contributed by atoms with Gasteiger partial charge in [0.15, 0.2) is 0 Å². The van der Waals surface area contributed by atoms with Gasteiger partial charge in [0.05, 0.1) is 11.9 Å². The van der Waals surface area contributed by atoms with Crippen LogP contribution in [0.1, 0.15) is 26.7 Å². The van der Waals surface area contributed by atoms with Gasteiger partial charge in [0.1, 0.15) is 4.60 Å². The van der Waals surface area contributed by atoms with E-state index in [2.05, 4.69) is 51.0 Å². The van der Waals surface area contributed by atoms with E-state index >= 15 is 0 Å². The van der Waals surface area contributed by atoms with Crippen molar-refractivity contribution in [1.29, 1.82) is 0 Å². The SMILES string of the molecule is CCN1CCCC(C(C)Nc2ccc(Br)nc2)C1. The van der Waals surface area contributed by atoms with Crippen LogP contribution in [-0.2, 0) is 0 Å². The molecule has 1 aliphatic rings. The molecule has 1 N–H and O–H groups in total. The molecule has 0 saturated carbocycles. The van der Waals surface area contributed by atoms with Crippen LogP contribution in [0.15, 0.2) is 22.9 Å². The Morgan fingerprint density at radius 1 is 1.56 bits per heavy atom. The van der Waals surface area contributed by atoms with Gasteiger partial charge in [-0.25, -0.2) is 4.98 Å². The van der Waals surface area contributed by atoms with Crippen LogP contribution in [0.25, 0.3) is 0 Å². The summed E-state index contributed by atoms with van der Waals surface area (Å²) in [6.07, 6.45) is 4.54. The third-order valence-corrected chi connectivity index (χ3v) is 4.29. The summed E-state index contributed by atoms with van der Waals surface area (Å²) < 4.78 is 0.885. The third-order valence-electron chi connectivity index (χ3n) is 3.82. The van der Waals surface area contributed by atoms with Crippen molar-refractivity contribution in [3.63, 3.8) is 0 Å². The highest BCUT2D eigenvalue weighted by Gasteiger charge is 2.23. The average Bonchev–Trinajstić information content (AvgIpc) is 2.41. The van der Waals surface area contributed by atoms with Gasteiger partial charge < -0.3 is 10.2 Å². The monoisotopic (exact) mass is 311 g/mol.